The summed E-state index contributed by atoms with van der Waals surface area (Å²) in [7, 11) is 0. The Morgan fingerprint density at radius 2 is 2.22 bits per heavy atom. The van der Waals surface area contributed by atoms with E-state index < -0.39 is 0 Å². The van der Waals surface area contributed by atoms with E-state index in [4.69, 9.17) is 4.42 Å². The first kappa shape index (κ1) is 12.5. The molecule has 18 heavy (non-hydrogen) atoms. The number of fused-ring (bicyclic) bond motifs is 1. The molecule has 0 atom stereocenters. The summed E-state index contributed by atoms with van der Waals surface area (Å²) in [5.74, 6) is 1.89. The number of furan rings is 1. The minimum absolute atomic E-state index is 0.739. The van der Waals surface area contributed by atoms with Gasteiger partial charge in [-0.15, -0.1) is 0 Å². The summed E-state index contributed by atoms with van der Waals surface area (Å²) >= 11 is 2.38. The molecule has 3 rings (SSSR count). The van der Waals surface area contributed by atoms with Gasteiger partial charge in [0, 0.05) is 14.5 Å². The van der Waals surface area contributed by atoms with Crippen LogP contribution in [0.3, 0.4) is 0 Å². The van der Waals surface area contributed by atoms with E-state index >= 15 is 0 Å². The van der Waals surface area contributed by atoms with Crippen molar-refractivity contribution in [1.82, 2.24) is 5.32 Å². The van der Waals surface area contributed by atoms with Gasteiger partial charge in [0.05, 0.1) is 6.54 Å². The summed E-state index contributed by atoms with van der Waals surface area (Å²) in [5, 5.41) is 4.79. The molecule has 1 fully saturated rings. The molecular weight excluding hydrogens is 337 g/mol. The van der Waals surface area contributed by atoms with E-state index in [-0.39, 0.29) is 0 Å². The molecule has 1 N–H and O–H groups in total. The van der Waals surface area contributed by atoms with Gasteiger partial charge in [-0.3, -0.25) is 0 Å². The lowest BCUT2D eigenvalue weighted by molar-refractivity contribution is 0.507. The summed E-state index contributed by atoms with van der Waals surface area (Å²) in [4.78, 5) is 0. The summed E-state index contributed by atoms with van der Waals surface area (Å²) in [5.41, 5.74) is 2.51. The van der Waals surface area contributed by atoms with Crippen molar-refractivity contribution < 1.29 is 4.42 Å². The third-order valence-corrected chi connectivity index (χ3v) is 4.13. The smallest absolute Gasteiger partial charge is 0.134 e. The van der Waals surface area contributed by atoms with Crippen LogP contribution in [0.25, 0.3) is 11.0 Å². The molecule has 0 radical (unpaired) electrons. The summed E-state index contributed by atoms with van der Waals surface area (Å²) in [6.07, 6.45) is 3.80. The number of hydrogen-bond donors (Lipinski definition) is 1. The van der Waals surface area contributed by atoms with Gasteiger partial charge < -0.3 is 9.73 Å². The number of hydrogen-bond acceptors (Lipinski definition) is 2. The molecule has 96 valence electrons. The quantitative estimate of drug-likeness (QED) is 0.635. The standard InChI is InChI=1S/C15H18INO/c1-2-7-17-9-14-15(10-3-4-10)12-8-11(16)5-6-13(12)18-14/h5-6,8,10,17H,2-4,7,9H2,1H3. The van der Waals surface area contributed by atoms with Crippen molar-refractivity contribution in [3.63, 3.8) is 0 Å². The maximum atomic E-state index is 6.04. The van der Waals surface area contributed by atoms with Crippen molar-refractivity contribution in [1.29, 1.82) is 0 Å². The van der Waals surface area contributed by atoms with Crippen LogP contribution in [0.4, 0.5) is 0 Å². The first-order valence-corrected chi connectivity index (χ1v) is 7.79. The summed E-state index contributed by atoms with van der Waals surface area (Å²) in [6, 6.07) is 6.48. The monoisotopic (exact) mass is 355 g/mol. The Morgan fingerprint density at radius 1 is 1.39 bits per heavy atom. The fourth-order valence-corrected chi connectivity index (χ4v) is 2.96. The second-order valence-corrected chi connectivity index (χ2v) is 6.28. The van der Waals surface area contributed by atoms with Gasteiger partial charge in [-0.1, -0.05) is 6.92 Å². The predicted octanol–water partition coefficient (Wildman–Crippen LogP) is 4.41. The van der Waals surface area contributed by atoms with Crippen LogP contribution < -0.4 is 5.32 Å². The van der Waals surface area contributed by atoms with Crippen molar-refractivity contribution in [2.75, 3.05) is 6.54 Å². The zero-order valence-corrected chi connectivity index (χ0v) is 12.8. The molecule has 1 aliphatic carbocycles. The van der Waals surface area contributed by atoms with Crippen LogP contribution in [-0.4, -0.2) is 6.54 Å². The molecule has 2 nitrogen and oxygen atoms in total. The summed E-state index contributed by atoms with van der Waals surface area (Å²) in [6.45, 7) is 4.11. The Morgan fingerprint density at radius 3 is 2.94 bits per heavy atom. The first-order chi connectivity index (χ1) is 8.79. The molecule has 0 aliphatic heterocycles. The molecule has 2 aromatic rings. The SMILES string of the molecule is CCCNCc1oc2ccc(I)cc2c1C1CC1. The zero-order valence-electron chi connectivity index (χ0n) is 10.6. The Hall–Kier alpha value is -0.550. The maximum absolute atomic E-state index is 6.04. The number of rotatable bonds is 5. The molecule has 1 aromatic heterocycles. The largest absolute Gasteiger partial charge is 0.459 e. The van der Waals surface area contributed by atoms with Gasteiger partial charge in [0.15, 0.2) is 0 Å². The fraction of sp³-hybridized carbons (Fsp3) is 0.467. The predicted molar refractivity (Wildman–Crippen MR) is 82.9 cm³/mol. The lowest BCUT2D eigenvalue weighted by Crippen LogP contribution is -2.14. The van der Waals surface area contributed by atoms with E-state index in [1.165, 1.54) is 27.4 Å². The van der Waals surface area contributed by atoms with Gasteiger partial charge in [-0.2, -0.15) is 0 Å². The van der Waals surface area contributed by atoms with Crippen LogP contribution >= 0.6 is 22.6 Å². The molecule has 1 aromatic carbocycles. The van der Waals surface area contributed by atoms with Gasteiger partial charge in [0.25, 0.3) is 0 Å². The lowest BCUT2D eigenvalue weighted by Gasteiger charge is -2.03. The van der Waals surface area contributed by atoms with E-state index in [9.17, 15) is 0 Å². The van der Waals surface area contributed by atoms with Crippen LogP contribution in [0.5, 0.6) is 0 Å². The van der Waals surface area contributed by atoms with E-state index in [1.807, 2.05) is 0 Å². The highest BCUT2D eigenvalue weighted by atomic mass is 127. The zero-order chi connectivity index (χ0) is 12.5. The van der Waals surface area contributed by atoms with Crippen molar-refractivity contribution in [2.24, 2.45) is 0 Å². The van der Waals surface area contributed by atoms with Crippen LogP contribution in [0.1, 0.15) is 43.4 Å². The molecule has 1 aliphatic rings. The topological polar surface area (TPSA) is 25.2 Å². The third kappa shape index (κ3) is 2.43. The third-order valence-electron chi connectivity index (χ3n) is 3.46. The molecule has 3 heteroatoms. The van der Waals surface area contributed by atoms with Crippen LogP contribution in [0, 0.1) is 3.57 Å². The van der Waals surface area contributed by atoms with E-state index in [2.05, 4.69) is 53.0 Å². The Bertz CT molecular complexity index is 557. The minimum atomic E-state index is 0.739. The van der Waals surface area contributed by atoms with Crippen molar-refractivity contribution in [3.05, 3.63) is 33.1 Å². The average Bonchev–Trinajstić information content (AvgIpc) is 3.12. The number of halogens is 1. The highest BCUT2D eigenvalue weighted by Gasteiger charge is 2.30. The van der Waals surface area contributed by atoms with Crippen molar-refractivity contribution >= 4 is 33.6 Å². The molecule has 0 saturated heterocycles. The Labute approximate surface area is 121 Å². The van der Waals surface area contributed by atoms with Gasteiger partial charge in [-0.05, 0) is 72.5 Å². The number of nitrogens with one attached hydrogen (secondary N) is 1. The Kier molecular flexibility index (Phi) is 3.61. The highest BCUT2D eigenvalue weighted by molar-refractivity contribution is 14.1. The van der Waals surface area contributed by atoms with Gasteiger partial charge >= 0.3 is 0 Å². The van der Waals surface area contributed by atoms with Crippen molar-refractivity contribution in [3.8, 4) is 0 Å². The fourth-order valence-electron chi connectivity index (χ4n) is 2.47. The Balaban J connectivity index is 1.98. The van der Waals surface area contributed by atoms with Crippen LogP contribution in [-0.2, 0) is 6.54 Å². The van der Waals surface area contributed by atoms with E-state index in [0.29, 0.717) is 0 Å². The van der Waals surface area contributed by atoms with Gasteiger partial charge in [0.2, 0.25) is 0 Å². The second kappa shape index (κ2) is 5.21. The second-order valence-electron chi connectivity index (χ2n) is 5.03. The molecule has 0 unspecified atom stereocenters. The molecule has 1 heterocycles. The molecule has 1 saturated carbocycles. The van der Waals surface area contributed by atoms with Crippen molar-refractivity contribution in [2.45, 2.75) is 38.6 Å². The first-order valence-electron chi connectivity index (χ1n) is 6.71. The van der Waals surface area contributed by atoms with E-state index in [1.54, 1.807) is 0 Å². The normalized spacial score (nSPS) is 15.4. The highest BCUT2D eigenvalue weighted by Crippen LogP contribution is 2.46. The minimum Gasteiger partial charge on any atom is -0.459 e. The molecular formula is C15H18INO. The van der Waals surface area contributed by atoms with Crippen LogP contribution in [0.15, 0.2) is 22.6 Å². The lowest BCUT2D eigenvalue weighted by atomic mass is 10.1. The van der Waals surface area contributed by atoms with Gasteiger partial charge in [0.1, 0.15) is 11.3 Å². The molecule has 0 amide bonds. The summed E-state index contributed by atoms with van der Waals surface area (Å²) < 4.78 is 7.32. The molecule has 0 spiro atoms. The van der Waals surface area contributed by atoms with Crippen LogP contribution in [0.2, 0.25) is 0 Å². The van der Waals surface area contributed by atoms with Gasteiger partial charge in [-0.25, -0.2) is 0 Å². The average molecular weight is 355 g/mol. The number of benzene rings is 1. The van der Waals surface area contributed by atoms with E-state index in [0.717, 1.165) is 36.8 Å². The molecule has 0 bridgehead atoms. The maximum Gasteiger partial charge on any atom is 0.134 e.